The van der Waals surface area contributed by atoms with Crippen LogP contribution in [0.2, 0.25) is 0 Å². The molecular formula is C32H39N5O5. The van der Waals surface area contributed by atoms with Crippen molar-refractivity contribution in [2.75, 3.05) is 20.8 Å². The summed E-state index contributed by atoms with van der Waals surface area (Å²) in [5, 5.41) is 0. The zero-order valence-corrected chi connectivity index (χ0v) is 24.6. The SMILES string of the molecule is COC(=O)[C@H](COCc1ccccc1)N(C)C(=O)CC[C@@H](C(C)C)N1Cc2cc(Oc3ccccc3)ncc2N=C1N. The summed E-state index contributed by atoms with van der Waals surface area (Å²) in [6.07, 6.45) is 2.39. The van der Waals surface area contributed by atoms with Gasteiger partial charge in [0.15, 0.2) is 12.0 Å². The molecule has 0 saturated carbocycles. The van der Waals surface area contributed by atoms with Gasteiger partial charge in [-0.3, -0.25) is 4.79 Å². The number of ether oxygens (including phenoxy) is 3. The molecule has 4 rings (SSSR count). The van der Waals surface area contributed by atoms with Crippen LogP contribution in [0.4, 0.5) is 5.69 Å². The number of benzene rings is 2. The number of carbonyl (C=O) groups is 2. The smallest absolute Gasteiger partial charge is 0.330 e. The van der Waals surface area contributed by atoms with Crippen LogP contribution in [0, 0.1) is 5.92 Å². The second-order valence-corrected chi connectivity index (χ2v) is 10.6. The minimum atomic E-state index is -0.854. The Balaban J connectivity index is 1.40. The van der Waals surface area contributed by atoms with Gasteiger partial charge in [-0.2, -0.15) is 0 Å². The Morgan fingerprint density at radius 3 is 2.43 bits per heavy atom. The van der Waals surface area contributed by atoms with Crippen LogP contribution < -0.4 is 10.5 Å². The van der Waals surface area contributed by atoms with E-state index >= 15 is 0 Å². The van der Waals surface area contributed by atoms with E-state index in [1.54, 1.807) is 13.2 Å². The van der Waals surface area contributed by atoms with Crippen molar-refractivity contribution in [1.29, 1.82) is 0 Å². The van der Waals surface area contributed by atoms with E-state index in [9.17, 15) is 9.59 Å². The molecule has 0 bridgehead atoms. The summed E-state index contributed by atoms with van der Waals surface area (Å²) >= 11 is 0. The molecule has 1 aliphatic rings. The zero-order chi connectivity index (χ0) is 30.1. The third-order valence-electron chi connectivity index (χ3n) is 7.32. The van der Waals surface area contributed by atoms with Crippen LogP contribution in [0.5, 0.6) is 11.6 Å². The molecule has 222 valence electrons. The molecule has 1 aliphatic heterocycles. The van der Waals surface area contributed by atoms with Gasteiger partial charge in [0.25, 0.3) is 0 Å². The molecule has 2 atom stereocenters. The molecule has 0 aliphatic carbocycles. The second kappa shape index (κ2) is 14.5. The summed E-state index contributed by atoms with van der Waals surface area (Å²) in [6, 6.07) is 20.1. The van der Waals surface area contributed by atoms with Crippen LogP contribution in [0.15, 0.2) is 77.9 Å². The van der Waals surface area contributed by atoms with Crippen molar-refractivity contribution in [3.63, 3.8) is 0 Å². The zero-order valence-electron chi connectivity index (χ0n) is 24.6. The molecule has 10 heteroatoms. The molecular weight excluding hydrogens is 534 g/mol. The van der Waals surface area contributed by atoms with E-state index in [2.05, 4.69) is 23.8 Å². The summed E-state index contributed by atoms with van der Waals surface area (Å²) in [4.78, 5) is 38.3. The molecule has 2 N–H and O–H groups in total. The molecule has 1 amide bonds. The first kappa shape index (κ1) is 30.5. The highest BCUT2D eigenvalue weighted by molar-refractivity contribution is 5.85. The van der Waals surface area contributed by atoms with Crippen molar-refractivity contribution < 1.29 is 23.8 Å². The first-order valence-corrected chi connectivity index (χ1v) is 14.0. The monoisotopic (exact) mass is 573 g/mol. The van der Waals surface area contributed by atoms with Gasteiger partial charge in [0.2, 0.25) is 11.8 Å². The van der Waals surface area contributed by atoms with Crippen molar-refractivity contribution >= 4 is 23.5 Å². The lowest BCUT2D eigenvalue weighted by Gasteiger charge is -2.38. The first-order chi connectivity index (χ1) is 20.3. The van der Waals surface area contributed by atoms with Crippen LogP contribution in [0.3, 0.4) is 0 Å². The Hall–Kier alpha value is -4.44. The lowest BCUT2D eigenvalue weighted by atomic mass is 9.96. The van der Waals surface area contributed by atoms with E-state index in [1.807, 2.05) is 71.6 Å². The number of pyridine rings is 1. The van der Waals surface area contributed by atoms with Crippen molar-refractivity contribution in [1.82, 2.24) is 14.8 Å². The molecule has 2 heterocycles. The number of esters is 1. The molecule has 0 unspecified atom stereocenters. The molecule has 0 fully saturated rings. The molecule has 10 nitrogen and oxygen atoms in total. The maximum absolute atomic E-state index is 13.3. The number of nitrogens with zero attached hydrogens (tertiary/aromatic N) is 4. The van der Waals surface area contributed by atoms with E-state index in [-0.39, 0.29) is 30.9 Å². The fraction of sp³-hybridized carbons (Fsp3) is 0.375. The highest BCUT2D eigenvalue weighted by atomic mass is 16.5. The number of para-hydroxylation sites is 1. The van der Waals surface area contributed by atoms with E-state index in [1.165, 1.54) is 12.0 Å². The fourth-order valence-corrected chi connectivity index (χ4v) is 4.91. The standard InChI is InChI=1S/C32H39N5O5/c1-22(2)27(15-16-30(38)36(3)28(31(39)40-4)21-41-20-23-11-7-5-8-12-23)37-19-24-17-29(34-18-26(24)35-32(37)33)42-25-13-9-6-10-14-25/h5-14,17-18,22,27-28H,15-16,19-21H2,1-4H3,(H2,33,35)/t27-,28-/m0/s1. The Labute approximate surface area is 247 Å². The van der Waals surface area contributed by atoms with Crippen LogP contribution in [0.25, 0.3) is 0 Å². The predicted molar refractivity (Wildman–Crippen MR) is 160 cm³/mol. The van der Waals surface area contributed by atoms with Crippen molar-refractivity contribution in [3.8, 4) is 11.6 Å². The highest BCUT2D eigenvalue weighted by Crippen LogP contribution is 2.32. The molecule has 3 aromatic rings. The lowest BCUT2D eigenvalue weighted by molar-refractivity contribution is -0.154. The van der Waals surface area contributed by atoms with E-state index in [0.29, 0.717) is 42.8 Å². The Kier molecular flexibility index (Phi) is 10.5. The largest absolute Gasteiger partial charge is 0.467 e. The predicted octanol–water partition coefficient (Wildman–Crippen LogP) is 4.66. The van der Waals surface area contributed by atoms with Crippen molar-refractivity contribution in [2.24, 2.45) is 16.6 Å². The van der Waals surface area contributed by atoms with Gasteiger partial charge in [-0.1, -0.05) is 62.4 Å². The average Bonchev–Trinajstić information content (AvgIpc) is 3.00. The molecule has 2 aromatic carbocycles. The van der Waals surface area contributed by atoms with Crippen LogP contribution in [-0.4, -0.2) is 65.5 Å². The van der Waals surface area contributed by atoms with Crippen molar-refractivity contribution in [3.05, 3.63) is 84.1 Å². The number of carbonyl (C=O) groups excluding carboxylic acids is 2. The number of fused-ring (bicyclic) bond motifs is 1. The third kappa shape index (κ3) is 7.85. The summed E-state index contributed by atoms with van der Waals surface area (Å²) in [5.74, 6) is 1.00. The van der Waals surface area contributed by atoms with Gasteiger partial charge in [-0.25, -0.2) is 14.8 Å². The minimum Gasteiger partial charge on any atom is -0.467 e. The average molecular weight is 574 g/mol. The number of amides is 1. The number of guanidine groups is 1. The van der Waals surface area contributed by atoms with Crippen LogP contribution in [-0.2, 0) is 32.2 Å². The lowest BCUT2D eigenvalue weighted by Crippen LogP contribution is -2.49. The normalized spacial score (nSPS) is 14.0. The summed E-state index contributed by atoms with van der Waals surface area (Å²) < 4.78 is 16.7. The third-order valence-corrected chi connectivity index (χ3v) is 7.32. The number of nitrogens with two attached hydrogens (primary N) is 1. The van der Waals surface area contributed by atoms with Gasteiger partial charge >= 0.3 is 5.97 Å². The topological polar surface area (TPSA) is 120 Å². The van der Waals surface area contributed by atoms with Gasteiger partial charge < -0.3 is 29.7 Å². The first-order valence-electron chi connectivity index (χ1n) is 14.0. The van der Waals surface area contributed by atoms with Gasteiger partial charge in [0, 0.05) is 37.7 Å². The fourth-order valence-electron chi connectivity index (χ4n) is 4.91. The maximum atomic E-state index is 13.3. The number of likely N-dealkylation sites (N-methyl/N-ethyl adjacent to an activating group) is 1. The Bertz CT molecular complexity index is 1370. The van der Waals surface area contributed by atoms with Crippen LogP contribution >= 0.6 is 0 Å². The number of methoxy groups -OCH3 is 1. The maximum Gasteiger partial charge on any atom is 0.330 e. The van der Waals surface area contributed by atoms with Gasteiger partial charge in [0.05, 0.1) is 32.2 Å². The molecule has 42 heavy (non-hydrogen) atoms. The molecule has 0 saturated heterocycles. The van der Waals surface area contributed by atoms with Gasteiger partial charge in [-0.05, 0) is 30.0 Å². The number of aliphatic imine (C=N–C) groups is 1. The Morgan fingerprint density at radius 1 is 1.07 bits per heavy atom. The highest BCUT2D eigenvalue weighted by Gasteiger charge is 2.31. The number of hydrogen-bond donors (Lipinski definition) is 1. The minimum absolute atomic E-state index is 0.0291. The number of rotatable bonds is 13. The van der Waals surface area contributed by atoms with E-state index < -0.39 is 12.0 Å². The molecule has 0 spiro atoms. The summed E-state index contributed by atoms with van der Waals surface area (Å²) in [7, 11) is 2.91. The van der Waals surface area contributed by atoms with Gasteiger partial charge in [0.1, 0.15) is 5.75 Å². The molecule has 1 aromatic heterocycles. The number of hydrogen-bond acceptors (Lipinski definition) is 9. The van der Waals surface area contributed by atoms with E-state index in [0.717, 1.165) is 11.1 Å². The van der Waals surface area contributed by atoms with Crippen molar-refractivity contribution in [2.45, 2.75) is 51.9 Å². The van der Waals surface area contributed by atoms with Crippen LogP contribution in [0.1, 0.15) is 37.8 Å². The quantitative estimate of drug-likeness (QED) is 0.293. The summed E-state index contributed by atoms with van der Waals surface area (Å²) in [5.41, 5.74) is 9.02. The number of aromatic nitrogens is 1. The van der Waals surface area contributed by atoms with E-state index in [4.69, 9.17) is 19.9 Å². The second-order valence-electron chi connectivity index (χ2n) is 10.6. The molecule has 0 radical (unpaired) electrons. The Morgan fingerprint density at radius 2 is 1.76 bits per heavy atom. The van der Waals surface area contributed by atoms with Gasteiger partial charge in [-0.15, -0.1) is 0 Å². The summed E-state index contributed by atoms with van der Waals surface area (Å²) in [6.45, 7) is 5.04.